The predicted molar refractivity (Wildman–Crippen MR) is 110 cm³/mol. The number of carbonyl (C=O) groups is 2. The van der Waals surface area contributed by atoms with E-state index >= 15 is 0 Å². The molecule has 0 saturated carbocycles. The molecule has 148 valence electrons. The molecule has 2 amide bonds. The van der Waals surface area contributed by atoms with E-state index in [0.29, 0.717) is 15.6 Å². The monoisotopic (exact) mass is 439 g/mol. The average Bonchev–Trinajstić information content (AvgIpc) is 3.08. The summed E-state index contributed by atoms with van der Waals surface area (Å²) in [6, 6.07) is 9.59. The minimum absolute atomic E-state index is 0.0431. The van der Waals surface area contributed by atoms with Crippen molar-refractivity contribution in [3.63, 3.8) is 0 Å². The second-order valence-corrected chi connectivity index (χ2v) is 9.83. The van der Waals surface area contributed by atoms with E-state index < -0.39 is 28.4 Å². The normalized spacial score (nSPS) is 11.1. The lowest BCUT2D eigenvalue weighted by atomic mass is 10.2. The number of nitrogens with one attached hydrogen (secondary N) is 1. The van der Waals surface area contributed by atoms with E-state index in [1.807, 2.05) is 0 Å². The summed E-state index contributed by atoms with van der Waals surface area (Å²) in [7, 11) is -1.12. The van der Waals surface area contributed by atoms with Crippen LogP contribution in [0.5, 0.6) is 0 Å². The highest BCUT2D eigenvalue weighted by Crippen LogP contribution is 2.27. The first-order valence-corrected chi connectivity index (χ1v) is 10.6. The number of nitrogens with zero attached hydrogens (tertiary/aromatic N) is 2. The second kappa shape index (κ2) is 9.21. The lowest BCUT2D eigenvalue weighted by Crippen LogP contribution is -2.42. The molecule has 0 saturated heterocycles. The molecule has 2 rings (SSSR count). The summed E-state index contributed by atoms with van der Waals surface area (Å²) in [5, 5.41) is 2.64. The maximum Gasteiger partial charge on any atom is 0.252 e. The standard InChI is InChI=1S/C18H18ClN3O4S2/c1-4-13-6-5-7-14(10-13)20-16(23)11-21(2)17(24)12-22(3)28(25,26)18-9-8-15(19)27-18/h1,5-10H,11-12H2,2-3H3,(H,20,23). The van der Waals surface area contributed by atoms with Gasteiger partial charge in [-0.1, -0.05) is 23.6 Å². The molecule has 0 spiro atoms. The number of carbonyl (C=O) groups excluding carboxylic acids is 2. The van der Waals surface area contributed by atoms with Crippen molar-refractivity contribution < 1.29 is 18.0 Å². The van der Waals surface area contributed by atoms with E-state index in [4.69, 9.17) is 18.0 Å². The number of rotatable bonds is 7. The van der Waals surface area contributed by atoms with Crippen LogP contribution < -0.4 is 5.32 Å². The predicted octanol–water partition coefficient (Wildman–Crippen LogP) is 2.10. The highest BCUT2D eigenvalue weighted by atomic mass is 35.5. The van der Waals surface area contributed by atoms with Crippen LogP contribution in [0.1, 0.15) is 5.56 Å². The molecule has 0 unspecified atom stereocenters. The topological polar surface area (TPSA) is 86.8 Å². The van der Waals surface area contributed by atoms with Gasteiger partial charge in [-0.15, -0.1) is 17.8 Å². The summed E-state index contributed by atoms with van der Waals surface area (Å²) in [6.45, 7) is -0.647. The Balaban J connectivity index is 1.94. The van der Waals surface area contributed by atoms with Gasteiger partial charge in [0.2, 0.25) is 11.8 Å². The van der Waals surface area contributed by atoms with Gasteiger partial charge >= 0.3 is 0 Å². The third kappa shape index (κ3) is 5.56. The van der Waals surface area contributed by atoms with Gasteiger partial charge in [-0.05, 0) is 30.3 Å². The van der Waals surface area contributed by atoms with Crippen LogP contribution in [0.3, 0.4) is 0 Å². The highest BCUT2D eigenvalue weighted by molar-refractivity contribution is 7.91. The smallest absolute Gasteiger partial charge is 0.252 e. The van der Waals surface area contributed by atoms with E-state index in [0.717, 1.165) is 20.5 Å². The summed E-state index contributed by atoms with van der Waals surface area (Å²) in [6.07, 6.45) is 5.32. The van der Waals surface area contributed by atoms with Crippen LogP contribution in [0.15, 0.2) is 40.6 Å². The van der Waals surface area contributed by atoms with Crippen molar-refractivity contribution in [2.75, 3.05) is 32.5 Å². The van der Waals surface area contributed by atoms with E-state index in [9.17, 15) is 18.0 Å². The Morgan fingerprint density at radius 2 is 1.93 bits per heavy atom. The molecule has 0 aliphatic rings. The Bertz CT molecular complexity index is 1030. The maximum absolute atomic E-state index is 12.4. The second-order valence-electron chi connectivity index (χ2n) is 5.84. The van der Waals surface area contributed by atoms with Gasteiger partial charge in [-0.25, -0.2) is 8.42 Å². The number of likely N-dealkylation sites (N-methyl/N-ethyl adjacent to an activating group) is 2. The van der Waals surface area contributed by atoms with Crippen LogP contribution in [0.4, 0.5) is 5.69 Å². The minimum Gasteiger partial charge on any atom is -0.335 e. The first-order valence-electron chi connectivity index (χ1n) is 7.95. The first-order chi connectivity index (χ1) is 13.1. The van der Waals surface area contributed by atoms with Crippen molar-refractivity contribution in [2.45, 2.75) is 4.21 Å². The Hall–Kier alpha value is -2.38. The van der Waals surface area contributed by atoms with Crippen molar-refractivity contribution in [1.82, 2.24) is 9.21 Å². The molecule has 1 N–H and O–H groups in total. The van der Waals surface area contributed by atoms with Gasteiger partial charge in [0, 0.05) is 25.3 Å². The van der Waals surface area contributed by atoms with Crippen molar-refractivity contribution in [2.24, 2.45) is 0 Å². The van der Waals surface area contributed by atoms with Crippen LogP contribution >= 0.6 is 22.9 Å². The average molecular weight is 440 g/mol. The Labute approximate surface area is 173 Å². The van der Waals surface area contributed by atoms with Crippen LogP contribution in [0, 0.1) is 12.3 Å². The molecule has 0 aliphatic carbocycles. The number of hydrogen-bond donors (Lipinski definition) is 1. The van der Waals surface area contributed by atoms with E-state index in [1.54, 1.807) is 24.3 Å². The molecule has 28 heavy (non-hydrogen) atoms. The van der Waals surface area contributed by atoms with Gasteiger partial charge in [0.1, 0.15) is 4.21 Å². The third-order valence-corrected chi connectivity index (χ3v) is 7.19. The quantitative estimate of drug-likeness (QED) is 0.669. The lowest BCUT2D eigenvalue weighted by molar-refractivity contribution is -0.133. The summed E-state index contributed by atoms with van der Waals surface area (Å²) in [5.74, 6) is 1.51. The van der Waals surface area contributed by atoms with Crippen LogP contribution in [0.25, 0.3) is 0 Å². The van der Waals surface area contributed by atoms with Crippen LogP contribution in [0.2, 0.25) is 4.34 Å². The summed E-state index contributed by atoms with van der Waals surface area (Å²) in [5.41, 5.74) is 1.12. The van der Waals surface area contributed by atoms with E-state index in [1.165, 1.54) is 26.2 Å². The molecule has 2 aromatic rings. The van der Waals surface area contributed by atoms with Crippen LogP contribution in [-0.4, -0.2) is 56.6 Å². The molecule has 1 heterocycles. The summed E-state index contributed by atoms with van der Waals surface area (Å²) >= 11 is 6.68. The van der Waals surface area contributed by atoms with E-state index in [2.05, 4.69) is 11.2 Å². The zero-order chi connectivity index (χ0) is 20.9. The van der Waals surface area contributed by atoms with E-state index in [-0.39, 0.29) is 10.8 Å². The number of thiophene rings is 1. The summed E-state index contributed by atoms with van der Waals surface area (Å²) in [4.78, 5) is 25.6. The van der Waals surface area contributed by atoms with Gasteiger partial charge in [0.15, 0.2) is 0 Å². The minimum atomic E-state index is -3.83. The highest BCUT2D eigenvalue weighted by Gasteiger charge is 2.26. The number of halogens is 1. The number of amides is 2. The molecular formula is C18H18ClN3O4S2. The Morgan fingerprint density at radius 1 is 1.21 bits per heavy atom. The molecular weight excluding hydrogens is 422 g/mol. The number of anilines is 1. The van der Waals surface area contributed by atoms with Crippen molar-refractivity contribution >= 4 is 50.5 Å². The zero-order valence-corrected chi connectivity index (χ0v) is 17.6. The third-order valence-electron chi connectivity index (χ3n) is 3.69. The molecule has 0 bridgehead atoms. The number of benzene rings is 1. The molecule has 0 fully saturated rings. The van der Waals surface area contributed by atoms with Gasteiger partial charge in [-0.2, -0.15) is 4.31 Å². The number of sulfonamides is 1. The fraction of sp³-hybridized carbons (Fsp3) is 0.222. The molecule has 10 heteroatoms. The number of terminal acetylenes is 1. The molecule has 1 aromatic heterocycles. The Morgan fingerprint density at radius 3 is 2.54 bits per heavy atom. The SMILES string of the molecule is C#Cc1cccc(NC(=O)CN(C)C(=O)CN(C)S(=O)(=O)c2ccc(Cl)s2)c1. The molecule has 0 atom stereocenters. The van der Waals surface area contributed by atoms with Gasteiger partial charge in [0.05, 0.1) is 17.4 Å². The molecule has 7 nitrogen and oxygen atoms in total. The Kier molecular flexibility index (Phi) is 7.21. The molecule has 0 radical (unpaired) electrons. The fourth-order valence-corrected chi connectivity index (χ4v) is 4.99. The zero-order valence-electron chi connectivity index (χ0n) is 15.2. The number of hydrogen-bond acceptors (Lipinski definition) is 5. The maximum atomic E-state index is 12.4. The van der Waals surface area contributed by atoms with Gasteiger partial charge in [0.25, 0.3) is 10.0 Å². The molecule has 0 aliphatic heterocycles. The van der Waals surface area contributed by atoms with Crippen molar-refractivity contribution in [1.29, 1.82) is 0 Å². The van der Waals surface area contributed by atoms with Crippen LogP contribution in [-0.2, 0) is 19.6 Å². The largest absolute Gasteiger partial charge is 0.335 e. The lowest BCUT2D eigenvalue weighted by Gasteiger charge is -2.21. The fourth-order valence-electron chi connectivity index (χ4n) is 2.18. The first kappa shape index (κ1) is 21.9. The molecule has 1 aromatic carbocycles. The summed E-state index contributed by atoms with van der Waals surface area (Å²) < 4.78 is 26.2. The van der Waals surface area contributed by atoms with Crippen molar-refractivity contribution in [3.8, 4) is 12.3 Å². The van der Waals surface area contributed by atoms with Crippen molar-refractivity contribution in [3.05, 3.63) is 46.3 Å². The van der Waals surface area contributed by atoms with Gasteiger partial charge < -0.3 is 10.2 Å². The van der Waals surface area contributed by atoms with Gasteiger partial charge in [-0.3, -0.25) is 9.59 Å².